The number of hydrogen-bond acceptors (Lipinski definition) is 7. The third-order valence-corrected chi connectivity index (χ3v) is 6.34. The van der Waals surface area contributed by atoms with E-state index in [4.69, 9.17) is 9.47 Å². The van der Waals surface area contributed by atoms with Crippen molar-refractivity contribution in [3.63, 3.8) is 0 Å². The maximum absolute atomic E-state index is 14.6. The Morgan fingerprint density at radius 2 is 2.00 bits per heavy atom. The molecule has 4 heterocycles. The Morgan fingerprint density at radius 1 is 1.16 bits per heavy atom. The first-order chi connectivity index (χ1) is 15.5. The summed E-state index contributed by atoms with van der Waals surface area (Å²) in [4.78, 5) is 11.3. The van der Waals surface area contributed by atoms with Crippen LogP contribution in [0.5, 0.6) is 0 Å². The molecule has 1 N–H and O–H groups in total. The lowest BCUT2D eigenvalue weighted by atomic mass is 9.87. The fraction of sp³-hybridized carbons (Fsp3) is 0.522. The minimum absolute atomic E-state index is 0.0267. The van der Waals surface area contributed by atoms with Gasteiger partial charge < -0.3 is 19.5 Å². The van der Waals surface area contributed by atoms with Crippen molar-refractivity contribution in [2.75, 3.05) is 44.4 Å². The normalized spacial score (nSPS) is 24.2. The molecule has 32 heavy (non-hydrogen) atoms. The first kappa shape index (κ1) is 21.2. The van der Waals surface area contributed by atoms with Gasteiger partial charge in [0.05, 0.1) is 37.6 Å². The van der Waals surface area contributed by atoms with Crippen molar-refractivity contribution in [2.45, 2.75) is 38.5 Å². The van der Waals surface area contributed by atoms with Crippen LogP contribution in [0.2, 0.25) is 0 Å². The van der Waals surface area contributed by atoms with Gasteiger partial charge >= 0.3 is 0 Å². The van der Waals surface area contributed by atoms with E-state index < -0.39 is 6.17 Å². The molecule has 9 heteroatoms. The number of anilines is 1. The Labute approximate surface area is 186 Å². The van der Waals surface area contributed by atoms with Crippen LogP contribution in [-0.2, 0) is 9.47 Å². The molecule has 0 aliphatic carbocycles. The van der Waals surface area contributed by atoms with E-state index in [9.17, 15) is 9.50 Å². The number of aryl methyl sites for hydroxylation is 2. The molecule has 2 saturated heterocycles. The number of aromatic nitrogens is 4. The van der Waals surface area contributed by atoms with E-state index in [1.165, 1.54) is 0 Å². The zero-order chi connectivity index (χ0) is 22.2. The number of halogens is 1. The molecule has 5 rings (SSSR count). The molecule has 2 fully saturated rings. The average Bonchev–Trinajstić information content (AvgIpc) is 3.21. The topological polar surface area (TPSA) is 85.5 Å². The van der Waals surface area contributed by atoms with Gasteiger partial charge in [0, 0.05) is 37.1 Å². The van der Waals surface area contributed by atoms with E-state index in [1.807, 2.05) is 32.2 Å². The summed E-state index contributed by atoms with van der Waals surface area (Å²) in [6.07, 6.45) is 1.25. The monoisotopic (exact) mass is 441 g/mol. The van der Waals surface area contributed by atoms with Crippen LogP contribution in [0.15, 0.2) is 24.4 Å². The van der Waals surface area contributed by atoms with E-state index in [1.54, 1.807) is 4.68 Å². The maximum atomic E-state index is 14.6. The van der Waals surface area contributed by atoms with Gasteiger partial charge in [-0.25, -0.2) is 19.0 Å². The number of nitrogens with zero attached hydrogens (tertiary/aromatic N) is 5. The smallest absolute Gasteiger partial charge is 0.159 e. The van der Waals surface area contributed by atoms with Gasteiger partial charge in [0.2, 0.25) is 0 Å². The highest BCUT2D eigenvalue weighted by molar-refractivity contribution is 5.82. The first-order valence-electron chi connectivity index (χ1n) is 11.1. The van der Waals surface area contributed by atoms with E-state index in [2.05, 4.69) is 26.0 Å². The fourth-order valence-electron chi connectivity index (χ4n) is 4.68. The van der Waals surface area contributed by atoms with E-state index in [0.717, 1.165) is 27.8 Å². The van der Waals surface area contributed by atoms with Gasteiger partial charge in [-0.3, -0.25) is 0 Å². The molecule has 170 valence electrons. The van der Waals surface area contributed by atoms with Crippen molar-refractivity contribution in [1.29, 1.82) is 0 Å². The zero-order valence-electron chi connectivity index (χ0n) is 18.4. The van der Waals surface area contributed by atoms with Crippen LogP contribution in [0.4, 0.5) is 10.2 Å². The Kier molecular flexibility index (Phi) is 5.79. The van der Waals surface area contributed by atoms with Gasteiger partial charge in [0.15, 0.2) is 5.82 Å². The first-order valence-corrected chi connectivity index (χ1v) is 11.1. The van der Waals surface area contributed by atoms with Crippen LogP contribution in [0.25, 0.3) is 16.7 Å². The predicted octanol–water partition coefficient (Wildman–Crippen LogP) is 2.47. The molecule has 8 nitrogen and oxygen atoms in total. The second kappa shape index (κ2) is 8.73. The maximum Gasteiger partial charge on any atom is 0.159 e. The van der Waals surface area contributed by atoms with Gasteiger partial charge in [-0.2, -0.15) is 5.10 Å². The van der Waals surface area contributed by atoms with E-state index >= 15 is 0 Å². The number of hydrogen-bond donors (Lipinski definition) is 1. The van der Waals surface area contributed by atoms with E-state index in [-0.39, 0.29) is 25.2 Å². The standard InChI is InChI=1S/C23H28FN5O3/c1-14-7-16-10-25-29(21(16)8-19(14)18-3-5-31-13-20(18)24)23-9-22(26-15(2)27-23)28-4-6-32-17(11-28)12-30/h7-10,17-18,20,30H,3-6,11-13H2,1-2H3/t17-,18?,20?/m1/s1. The summed E-state index contributed by atoms with van der Waals surface area (Å²) in [6, 6.07) is 6.03. The molecule has 2 aliphatic rings. The predicted molar refractivity (Wildman–Crippen MR) is 118 cm³/mol. The van der Waals surface area contributed by atoms with Gasteiger partial charge in [0.25, 0.3) is 0 Å². The quantitative estimate of drug-likeness (QED) is 0.666. The number of alkyl halides is 1. The van der Waals surface area contributed by atoms with Crippen molar-refractivity contribution in [1.82, 2.24) is 19.7 Å². The van der Waals surface area contributed by atoms with Crippen molar-refractivity contribution in [3.05, 3.63) is 41.3 Å². The molecule has 3 atom stereocenters. The van der Waals surface area contributed by atoms with Gasteiger partial charge in [0.1, 0.15) is 17.8 Å². The van der Waals surface area contributed by atoms with Crippen LogP contribution in [-0.4, -0.2) is 76.6 Å². The van der Waals surface area contributed by atoms with Gasteiger partial charge in [-0.05, 0) is 43.5 Å². The summed E-state index contributed by atoms with van der Waals surface area (Å²) in [5.41, 5.74) is 2.96. The summed E-state index contributed by atoms with van der Waals surface area (Å²) in [6.45, 7) is 6.36. The Balaban J connectivity index is 1.54. The van der Waals surface area contributed by atoms with Gasteiger partial charge in [-0.15, -0.1) is 0 Å². The summed E-state index contributed by atoms with van der Waals surface area (Å²) in [5.74, 6) is 1.89. The summed E-state index contributed by atoms with van der Waals surface area (Å²) in [5, 5.41) is 15.1. The lowest BCUT2D eigenvalue weighted by Crippen LogP contribution is -2.44. The second-order valence-corrected chi connectivity index (χ2v) is 8.56. The Bertz CT molecular complexity index is 1120. The van der Waals surface area contributed by atoms with Crippen molar-refractivity contribution >= 4 is 16.7 Å². The number of rotatable bonds is 4. The number of fused-ring (bicyclic) bond motifs is 1. The molecule has 2 aromatic heterocycles. The third-order valence-electron chi connectivity index (χ3n) is 6.34. The molecule has 0 spiro atoms. The fourth-order valence-corrected chi connectivity index (χ4v) is 4.68. The highest BCUT2D eigenvalue weighted by Gasteiger charge is 2.29. The van der Waals surface area contributed by atoms with Crippen molar-refractivity contribution in [3.8, 4) is 5.82 Å². The molecule has 2 unspecified atom stereocenters. The molecular formula is C23H28FN5O3. The lowest BCUT2D eigenvalue weighted by molar-refractivity contribution is 0.00335. The Hall–Kier alpha value is -2.62. The largest absolute Gasteiger partial charge is 0.394 e. The molecule has 3 aromatic rings. The van der Waals surface area contributed by atoms with Crippen molar-refractivity contribution < 1.29 is 19.0 Å². The number of benzene rings is 1. The summed E-state index contributed by atoms with van der Waals surface area (Å²) in [7, 11) is 0. The summed E-state index contributed by atoms with van der Waals surface area (Å²) >= 11 is 0. The highest BCUT2D eigenvalue weighted by Crippen LogP contribution is 2.34. The number of aliphatic hydroxyl groups excluding tert-OH is 1. The molecular weight excluding hydrogens is 413 g/mol. The SMILES string of the molecule is Cc1nc(N2CCO[C@@H](CO)C2)cc(-n2ncc3cc(C)c(C4CCOCC4F)cc32)n1. The average molecular weight is 442 g/mol. The van der Waals surface area contributed by atoms with Gasteiger partial charge in [-0.1, -0.05) is 0 Å². The molecule has 0 saturated carbocycles. The van der Waals surface area contributed by atoms with Crippen LogP contribution in [0, 0.1) is 13.8 Å². The van der Waals surface area contributed by atoms with Crippen molar-refractivity contribution in [2.24, 2.45) is 0 Å². The number of aliphatic hydroxyl groups is 1. The molecule has 2 aliphatic heterocycles. The number of morpholine rings is 1. The zero-order valence-corrected chi connectivity index (χ0v) is 18.4. The lowest BCUT2D eigenvalue weighted by Gasteiger charge is -2.33. The van der Waals surface area contributed by atoms with Crippen LogP contribution < -0.4 is 4.90 Å². The highest BCUT2D eigenvalue weighted by atomic mass is 19.1. The van der Waals surface area contributed by atoms with Crippen LogP contribution in [0.1, 0.15) is 29.3 Å². The number of ether oxygens (including phenoxy) is 2. The Morgan fingerprint density at radius 3 is 2.81 bits per heavy atom. The van der Waals surface area contributed by atoms with E-state index in [0.29, 0.717) is 44.4 Å². The molecule has 0 amide bonds. The third kappa shape index (κ3) is 3.96. The van der Waals surface area contributed by atoms with Crippen LogP contribution in [0.3, 0.4) is 0 Å². The minimum atomic E-state index is -1.01. The minimum Gasteiger partial charge on any atom is -0.394 e. The second-order valence-electron chi connectivity index (χ2n) is 8.56. The summed E-state index contributed by atoms with van der Waals surface area (Å²) < 4.78 is 27.3. The molecule has 0 bridgehead atoms. The van der Waals surface area contributed by atoms with Crippen LogP contribution >= 0.6 is 0 Å². The molecule has 0 radical (unpaired) electrons. The molecule has 1 aromatic carbocycles.